The Kier molecular flexibility index (Phi) is 8.11. The number of hydrogen-bond acceptors (Lipinski definition) is 3. The summed E-state index contributed by atoms with van der Waals surface area (Å²) in [7, 11) is 0. The van der Waals surface area contributed by atoms with E-state index in [4.69, 9.17) is 9.96 Å². The third kappa shape index (κ3) is 4.63. The summed E-state index contributed by atoms with van der Waals surface area (Å²) in [6.45, 7) is 8.54. The Morgan fingerprint density at radius 2 is 1.44 bits per heavy atom. The molecule has 0 N–H and O–H groups in total. The Morgan fingerprint density at radius 3 is 1.78 bits per heavy atom. The second kappa shape index (κ2) is 9.05. The second-order valence-corrected chi connectivity index (χ2v) is 8.52. The predicted molar refractivity (Wildman–Crippen MR) is 70.6 cm³/mol. The monoisotopic (exact) mass is 290 g/mol. The molecular weight excluding hydrogens is 264 g/mol. The van der Waals surface area contributed by atoms with E-state index in [1.807, 2.05) is 0 Å². The summed E-state index contributed by atoms with van der Waals surface area (Å²) in [5, 5.41) is 0. The summed E-state index contributed by atoms with van der Waals surface area (Å²) < 4.78 is 19.6. The first-order valence-corrected chi connectivity index (χ1v) is 9.76. The van der Waals surface area contributed by atoms with Crippen LogP contribution in [0, 0.1) is 0 Å². The average molecular weight is 290 g/mol. The van der Waals surface area contributed by atoms with Crippen molar-refractivity contribution in [2.45, 2.75) is 46.5 Å². The molecule has 0 heterocycles. The Balaban J connectivity index is 2.76. The van der Waals surface area contributed by atoms with E-state index in [1.54, 1.807) is 0 Å². The third-order valence-corrected chi connectivity index (χ3v) is 7.20. The summed E-state index contributed by atoms with van der Waals surface area (Å²) in [5.41, 5.74) is 0. The summed E-state index contributed by atoms with van der Waals surface area (Å²) >= 11 is -3.21. The maximum absolute atomic E-state index is 6.10. The van der Waals surface area contributed by atoms with Gasteiger partial charge >= 0.3 is 116 Å². The van der Waals surface area contributed by atoms with Crippen LogP contribution in [0.5, 0.6) is 0 Å². The molecule has 0 atom stereocenters. The molecule has 0 fully saturated rings. The van der Waals surface area contributed by atoms with Gasteiger partial charge in [0.05, 0.1) is 0 Å². The molecule has 0 aliphatic heterocycles. The molecule has 1 aliphatic carbocycles. The van der Waals surface area contributed by atoms with Crippen LogP contribution in [0.3, 0.4) is 0 Å². The quantitative estimate of drug-likeness (QED) is 0.569. The first-order chi connectivity index (χ1) is 8.79. The molecule has 4 heteroatoms. The maximum atomic E-state index is 6.10. The molecule has 0 aromatic heterocycles. The van der Waals surface area contributed by atoms with Crippen molar-refractivity contribution < 1.29 is 27.7 Å². The van der Waals surface area contributed by atoms with Crippen LogP contribution in [0.2, 0.25) is 0 Å². The minimum absolute atomic E-state index is 0.727. The first-order valence-electron chi connectivity index (χ1n) is 7.07. The molecule has 0 amide bonds. The van der Waals surface area contributed by atoms with Gasteiger partial charge in [0.15, 0.2) is 0 Å². The molecule has 18 heavy (non-hydrogen) atoms. The van der Waals surface area contributed by atoms with Crippen molar-refractivity contribution in [3.8, 4) is 0 Å². The Labute approximate surface area is 116 Å². The fraction of sp³-hybridized carbons (Fsp3) is 0.714. The zero-order chi connectivity index (χ0) is 13.3. The zero-order valence-corrected chi connectivity index (χ0v) is 13.5. The normalized spacial score (nSPS) is 15.2. The van der Waals surface area contributed by atoms with Gasteiger partial charge in [-0.05, 0) is 0 Å². The minimum atomic E-state index is -3.21. The zero-order valence-electron chi connectivity index (χ0n) is 11.9. The van der Waals surface area contributed by atoms with E-state index >= 15 is 0 Å². The summed E-state index contributed by atoms with van der Waals surface area (Å²) in [6, 6.07) is 0. The van der Waals surface area contributed by atoms with Crippen LogP contribution in [0.15, 0.2) is 22.1 Å². The molecule has 1 rings (SSSR count). The molecule has 104 valence electrons. The Morgan fingerprint density at radius 1 is 0.944 bits per heavy atom. The standard InChI is InChI=1S/C5H5.3C3H7O.Ti/c1-2-4-5-3-1;3*1-2-3-4;/h1-3H,4H2;3*2-3H2,1H3;/q;3*-1;+3. The van der Waals surface area contributed by atoms with Crippen LogP contribution < -0.4 is 0 Å². The molecule has 0 aromatic carbocycles. The molecule has 0 aromatic rings. The summed E-state index contributed by atoms with van der Waals surface area (Å²) in [5.74, 6) is 0. The van der Waals surface area contributed by atoms with E-state index < -0.39 is 17.8 Å². The summed E-state index contributed by atoms with van der Waals surface area (Å²) in [6.07, 6.45) is 10.3. The van der Waals surface area contributed by atoms with Gasteiger partial charge in [0.2, 0.25) is 0 Å². The topological polar surface area (TPSA) is 27.7 Å². The SMILES string of the molecule is CCC[O][Ti]([O]CCC)([O]CCC)[C]1=CC=CC1. The van der Waals surface area contributed by atoms with Crippen LogP contribution in [-0.4, -0.2) is 19.8 Å². The van der Waals surface area contributed by atoms with Crippen LogP contribution in [0.25, 0.3) is 0 Å². The Hall–Kier alpha value is 0.0743. The molecule has 0 saturated carbocycles. The van der Waals surface area contributed by atoms with Gasteiger partial charge in [-0.3, -0.25) is 0 Å². The van der Waals surface area contributed by atoms with E-state index in [9.17, 15) is 0 Å². The van der Waals surface area contributed by atoms with Crippen LogP contribution in [-0.2, 0) is 27.7 Å². The van der Waals surface area contributed by atoms with Gasteiger partial charge in [0, 0.05) is 0 Å². The third-order valence-electron chi connectivity index (χ3n) is 2.65. The molecule has 3 nitrogen and oxygen atoms in total. The van der Waals surface area contributed by atoms with Crippen molar-refractivity contribution in [2.24, 2.45) is 0 Å². The number of hydrogen-bond donors (Lipinski definition) is 0. The molecule has 0 spiro atoms. The van der Waals surface area contributed by atoms with Gasteiger partial charge < -0.3 is 0 Å². The number of rotatable bonds is 10. The van der Waals surface area contributed by atoms with E-state index in [1.165, 1.54) is 3.88 Å². The predicted octanol–water partition coefficient (Wildman–Crippen LogP) is 4.01. The molecule has 0 unspecified atom stereocenters. The average Bonchev–Trinajstić information content (AvgIpc) is 2.93. The van der Waals surface area contributed by atoms with E-state index in [0.29, 0.717) is 0 Å². The Bertz CT molecular complexity index is 265. The second-order valence-electron chi connectivity index (χ2n) is 4.43. The van der Waals surface area contributed by atoms with Crippen molar-refractivity contribution in [2.75, 3.05) is 19.8 Å². The fourth-order valence-corrected chi connectivity index (χ4v) is 6.30. The molecule has 0 bridgehead atoms. The van der Waals surface area contributed by atoms with Gasteiger partial charge in [0.25, 0.3) is 0 Å². The van der Waals surface area contributed by atoms with Crippen LogP contribution in [0.4, 0.5) is 0 Å². The molecule has 1 aliphatic rings. The molecule has 0 saturated heterocycles. The van der Waals surface area contributed by atoms with E-state index in [2.05, 4.69) is 39.0 Å². The van der Waals surface area contributed by atoms with Crippen molar-refractivity contribution in [1.82, 2.24) is 0 Å². The van der Waals surface area contributed by atoms with Gasteiger partial charge in [-0.1, -0.05) is 0 Å². The van der Waals surface area contributed by atoms with Crippen LogP contribution >= 0.6 is 0 Å². The number of allylic oxidation sites excluding steroid dienone is 4. The fourth-order valence-electron chi connectivity index (χ4n) is 1.79. The van der Waals surface area contributed by atoms with Gasteiger partial charge in [0.1, 0.15) is 0 Å². The summed E-state index contributed by atoms with van der Waals surface area (Å²) in [4.78, 5) is 0. The van der Waals surface area contributed by atoms with Gasteiger partial charge in [-0.2, -0.15) is 0 Å². The van der Waals surface area contributed by atoms with Gasteiger partial charge in [-0.15, -0.1) is 0 Å². The van der Waals surface area contributed by atoms with Gasteiger partial charge in [-0.25, -0.2) is 0 Å². The van der Waals surface area contributed by atoms with Crippen LogP contribution in [0.1, 0.15) is 46.5 Å². The van der Waals surface area contributed by atoms with E-state index in [0.717, 1.165) is 45.5 Å². The first kappa shape index (κ1) is 16.1. The van der Waals surface area contributed by atoms with Crippen molar-refractivity contribution in [3.05, 3.63) is 22.1 Å². The van der Waals surface area contributed by atoms with Crippen molar-refractivity contribution in [3.63, 3.8) is 0 Å². The molecule has 0 radical (unpaired) electrons. The van der Waals surface area contributed by atoms with Crippen molar-refractivity contribution in [1.29, 1.82) is 0 Å². The molecular formula is C14H26O3Ti. The van der Waals surface area contributed by atoms with E-state index in [-0.39, 0.29) is 0 Å². The van der Waals surface area contributed by atoms with Crippen molar-refractivity contribution >= 4 is 0 Å².